The van der Waals surface area contributed by atoms with Gasteiger partial charge in [0.25, 0.3) is 0 Å². The van der Waals surface area contributed by atoms with Crippen molar-refractivity contribution >= 4 is 19.8 Å². The summed E-state index contributed by atoms with van der Waals surface area (Å²) in [6.07, 6.45) is 43.7. The third kappa shape index (κ3) is 43.9. The molecule has 9 nitrogen and oxygen atoms in total. The minimum Gasteiger partial charge on any atom is -0.462 e. The minimum atomic E-state index is -4.38. The van der Waals surface area contributed by atoms with Gasteiger partial charge in [0.2, 0.25) is 0 Å². The number of esters is 2. The molecule has 0 aromatic carbocycles. The molecule has 336 valence electrons. The van der Waals surface area contributed by atoms with Gasteiger partial charge in [0.1, 0.15) is 19.8 Å². The Morgan fingerprint density at radius 1 is 0.544 bits per heavy atom. The van der Waals surface area contributed by atoms with Crippen LogP contribution in [-0.2, 0) is 32.7 Å². The first-order chi connectivity index (χ1) is 27.5. The molecule has 0 aliphatic heterocycles. The fraction of sp³-hybridized carbons (Fsp3) is 0.872. The Kier molecular flexibility index (Phi) is 38.9. The van der Waals surface area contributed by atoms with Crippen LogP contribution >= 0.6 is 7.82 Å². The predicted molar refractivity (Wildman–Crippen MR) is 238 cm³/mol. The Morgan fingerprint density at radius 2 is 0.965 bits per heavy atom. The van der Waals surface area contributed by atoms with E-state index in [1.54, 1.807) is 0 Å². The molecule has 0 aromatic rings. The predicted octanol–water partition coefficient (Wildman–Crippen LogP) is 13.5. The van der Waals surface area contributed by atoms with Crippen molar-refractivity contribution in [1.82, 2.24) is 0 Å². The van der Waals surface area contributed by atoms with Crippen LogP contribution in [0.3, 0.4) is 0 Å². The second-order valence-electron chi connectivity index (χ2n) is 17.1. The summed E-state index contributed by atoms with van der Waals surface area (Å²) in [4.78, 5) is 35.4. The van der Waals surface area contributed by atoms with Gasteiger partial charge in [0.05, 0.1) is 27.7 Å². The number of hydrogen-bond donors (Lipinski definition) is 1. The Balaban J connectivity index is 4.27. The number of ether oxygens (including phenoxy) is 2. The number of carbonyl (C=O) groups excluding carboxylic acids is 2. The summed E-state index contributed by atoms with van der Waals surface area (Å²) < 4.78 is 34.3. The van der Waals surface area contributed by atoms with Crippen molar-refractivity contribution in [2.75, 3.05) is 47.5 Å². The highest BCUT2D eigenvalue weighted by Gasteiger charge is 2.27. The van der Waals surface area contributed by atoms with Crippen LogP contribution in [0.4, 0.5) is 0 Å². The molecule has 1 N–H and O–H groups in total. The van der Waals surface area contributed by atoms with Gasteiger partial charge in [-0.15, -0.1) is 0 Å². The molecule has 0 aliphatic carbocycles. The van der Waals surface area contributed by atoms with E-state index in [2.05, 4.69) is 38.2 Å². The van der Waals surface area contributed by atoms with Crippen LogP contribution < -0.4 is 0 Å². The number of rotatable bonds is 43. The second kappa shape index (κ2) is 39.9. The largest absolute Gasteiger partial charge is 0.472 e. The van der Waals surface area contributed by atoms with Gasteiger partial charge < -0.3 is 18.9 Å². The van der Waals surface area contributed by atoms with E-state index >= 15 is 0 Å². The second-order valence-corrected chi connectivity index (χ2v) is 18.6. The van der Waals surface area contributed by atoms with Crippen LogP contribution in [0.2, 0.25) is 0 Å². The maximum atomic E-state index is 12.7. The van der Waals surface area contributed by atoms with E-state index in [0.29, 0.717) is 23.9 Å². The molecule has 0 radical (unpaired) electrons. The Morgan fingerprint density at radius 3 is 1.44 bits per heavy atom. The average molecular weight is 829 g/mol. The highest BCUT2D eigenvalue weighted by molar-refractivity contribution is 7.47. The first-order valence-corrected chi connectivity index (χ1v) is 25.1. The lowest BCUT2D eigenvalue weighted by Gasteiger charge is -2.24. The highest BCUT2D eigenvalue weighted by Crippen LogP contribution is 2.43. The number of nitrogens with zero attached hydrogens (tertiary/aromatic N) is 1. The number of allylic oxidation sites excluding steroid dienone is 4. The average Bonchev–Trinajstić information content (AvgIpc) is 3.16. The maximum absolute atomic E-state index is 12.7. The zero-order valence-electron chi connectivity index (χ0n) is 37.8. The highest BCUT2D eigenvalue weighted by atomic mass is 31.2. The zero-order chi connectivity index (χ0) is 42.1. The molecule has 0 bridgehead atoms. The molecular weight excluding hydrogens is 737 g/mol. The van der Waals surface area contributed by atoms with Crippen LogP contribution in [0.5, 0.6) is 0 Å². The van der Waals surface area contributed by atoms with Crippen molar-refractivity contribution in [1.29, 1.82) is 0 Å². The van der Waals surface area contributed by atoms with E-state index < -0.39 is 26.5 Å². The maximum Gasteiger partial charge on any atom is 0.472 e. The number of unbranched alkanes of at least 4 members (excludes halogenated alkanes) is 25. The van der Waals surface area contributed by atoms with Crippen LogP contribution in [0.15, 0.2) is 24.3 Å². The van der Waals surface area contributed by atoms with Crippen LogP contribution in [0, 0.1) is 0 Å². The molecule has 0 fully saturated rings. The number of carbonyl (C=O) groups is 2. The molecule has 0 rings (SSSR count). The number of hydrogen-bond acceptors (Lipinski definition) is 7. The summed E-state index contributed by atoms with van der Waals surface area (Å²) in [5.74, 6) is -0.806. The molecule has 0 spiro atoms. The molecule has 1 unspecified atom stereocenters. The lowest BCUT2D eigenvalue weighted by atomic mass is 10.0. The lowest BCUT2D eigenvalue weighted by molar-refractivity contribution is -0.870. The first kappa shape index (κ1) is 55.5. The molecule has 0 heterocycles. The summed E-state index contributed by atoms with van der Waals surface area (Å²) in [6.45, 7) is 4.39. The minimum absolute atomic E-state index is 0.0307. The van der Waals surface area contributed by atoms with E-state index in [0.717, 1.165) is 64.2 Å². The molecule has 10 heteroatoms. The fourth-order valence-corrected chi connectivity index (χ4v) is 7.24. The first-order valence-electron chi connectivity index (χ1n) is 23.6. The SMILES string of the molecule is CCCC/C=C/C/C=C/CCCCCCCC(=O)O[C@@H](COC(=O)CCCCCCCCCCCCCCCCCCCCC)COP(=O)(O)OCC[N+](C)(C)C. The molecule has 0 saturated carbocycles. The van der Waals surface area contributed by atoms with Gasteiger partial charge in [-0.25, -0.2) is 4.57 Å². The quantitative estimate of drug-likeness (QED) is 0.0213. The summed E-state index contributed by atoms with van der Waals surface area (Å²) >= 11 is 0. The molecule has 57 heavy (non-hydrogen) atoms. The van der Waals surface area contributed by atoms with Gasteiger partial charge in [-0.05, 0) is 38.5 Å². The zero-order valence-corrected chi connectivity index (χ0v) is 38.7. The van der Waals surface area contributed by atoms with Gasteiger partial charge in [-0.1, -0.05) is 186 Å². The monoisotopic (exact) mass is 829 g/mol. The Hall–Kier alpha value is -1.51. The van der Waals surface area contributed by atoms with E-state index in [1.165, 1.54) is 116 Å². The Bertz CT molecular complexity index is 1030. The van der Waals surface area contributed by atoms with Crippen molar-refractivity contribution in [2.24, 2.45) is 0 Å². The van der Waals surface area contributed by atoms with Gasteiger partial charge in [0.15, 0.2) is 6.10 Å². The van der Waals surface area contributed by atoms with E-state index in [-0.39, 0.29) is 25.6 Å². The van der Waals surface area contributed by atoms with Crippen LogP contribution in [0.25, 0.3) is 0 Å². The molecular formula is C47H91NO8P+. The van der Waals surface area contributed by atoms with Gasteiger partial charge in [0, 0.05) is 12.8 Å². The van der Waals surface area contributed by atoms with Crippen LogP contribution in [-0.4, -0.2) is 74.9 Å². The lowest BCUT2D eigenvalue weighted by Crippen LogP contribution is -2.37. The molecule has 2 atom stereocenters. The van der Waals surface area contributed by atoms with Crippen molar-refractivity contribution in [3.8, 4) is 0 Å². The van der Waals surface area contributed by atoms with E-state index in [9.17, 15) is 19.0 Å². The summed E-state index contributed by atoms with van der Waals surface area (Å²) in [5.41, 5.74) is 0. The fourth-order valence-electron chi connectivity index (χ4n) is 6.50. The van der Waals surface area contributed by atoms with Gasteiger partial charge in [-0.2, -0.15) is 0 Å². The third-order valence-corrected chi connectivity index (χ3v) is 11.2. The molecule has 0 amide bonds. The van der Waals surface area contributed by atoms with E-state index in [1.807, 2.05) is 21.1 Å². The van der Waals surface area contributed by atoms with Gasteiger partial charge in [-0.3, -0.25) is 18.6 Å². The molecule has 0 aromatic heterocycles. The summed E-state index contributed by atoms with van der Waals surface area (Å²) in [6, 6.07) is 0. The van der Waals surface area contributed by atoms with Crippen molar-refractivity contribution in [3.05, 3.63) is 24.3 Å². The van der Waals surface area contributed by atoms with Crippen LogP contribution in [0.1, 0.15) is 213 Å². The van der Waals surface area contributed by atoms with Crippen molar-refractivity contribution < 1.29 is 42.1 Å². The Labute approximate surface area is 351 Å². The standard InChI is InChI=1S/C47H90NO8P/c1-6-8-10-12-14-16-18-20-22-23-24-25-26-28-29-31-33-35-37-39-46(49)53-43-45(44-55-57(51,52)54-42-41-48(3,4)5)56-47(50)40-38-36-34-32-30-27-21-19-17-15-13-11-9-7-2/h13,15,19,21,45H,6-12,14,16-18,20,22-44H2,1-5H3/p+1/b15-13+,21-19+/t45-/m0/s1. The summed E-state index contributed by atoms with van der Waals surface area (Å²) in [7, 11) is 1.47. The normalized spacial score (nSPS) is 13.7. The molecule has 0 saturated heterocycles. The smallest absolute Gasteiger partial charge is 0.462 e. The third-order valence-electron chi connectivity index (χ3n) is 10.2. The van der Waals surface area contributed by atoms with Crippen molar-refractivity contribution in [3.63, 3.8) is 0 Å². The number of quaternary nitrogens is 1. The van der Waals surface area contributed by atoms with Gasteiger partial charge >= 0.3 is 19.8 Å². The molecule has 0 aliphatic rings. The van der Waals surface area contributed by atoms with Crippen molar-refractivity contribution in [2.45, 2.75) is 219 Å². The number of phosphoric acid groups is 1. The number of phosphoric ester groups is 1. The topological polar surface area (TPSA) is 108 Å². The van der Waals surface area contributed by atoms with E-state index in [4.69, 9.17) is 18.5 Å². The number of likely N-dealkylation sites (N-methyl/N-ethyl adjacent to an activating group) is 1. The summed E-state index contributed by atoms with van der Waals surface area (Å²) in [5, 5.41) is 0.